The van der Waals surface area contributed by atoms with Crippen LogP contribution in [0.3, 0.4) is 0 Å². The Morgan fingerprint density at radius 1 is 1.33 bits per heavy atom. The van der Waals surface area contributed by atoms with Crippen LogP contribution in [-0.4, -0.2) is 41.5 Å². The van der Waals surface area contributed by atoms with Crippen molar-refractivity contribution in [2.24, 2.45) is 5.73 Å². The number of nitrogens with zero attached hydrogens (tertiary/aromatic N) is 1. The Hall–Kier alpha value is -1.46. The summed E-state index contributed by atoms with van der Waals surface area (Å²) in [7, 11) is 2.07. The van der Waals surface area contributed by atoms with Crippen LogP contribution in [0.5, 0.6) is 0 Å². The first-order valence-electron chi connectivity index (χ1n) is 7.26. The molecule has 0 radical (unpaired) electrons. The molecule has 0 bridgehead atoms. The van der Waals surface area contributed by atoms with Gasteiger partial charge in [0.1, 0.15) is 0 Å². The van der Waals surface area contributed by atoms with Crippen LogP contribution in [0, 0.1) is 6.92 Å². The molecule has 3 N–H and O–H groups in total. The normalized spacial score (nSPS) is 18.2. The molecule has 1 aliphatic heterocycles. The van der Waals surface area contributed by atoms with Crippen molar-refractivity contribution >= 4 is 23.1 Å². The number of nitrogens with one attached hydrogen (secondary N) is 1. The maximum absolute atomic E-state index is 12.3. The number of aryl methyl sites for hydroxylation is 1. The van der Waals surface area contributed by atoms with Gasteiger partial charge in [-0.1, -0.05) is 42.0 Å². The lowest BCUT2D eigenvalue weighted by Gasteiger charge is -2.40. The van der Waals surface area contributed by atoms with E-state index in [1.165, 1.54) is 5.56 Å². The van der Waals surface area contributed by atoms with Gasteiger partial charge in [-0.3, -0.25) is 4.79 Å². The van der Waals surface area contributed by atoms with Gasteiger partial charge in [0.25, 0.3) is 0 Å². The number of benzene rings is 1. The molecule has 4 nitrogen and oxygen atoms in total. The van der Waals surface area contributed by atoms with E-state index in [4.69, 9.17) is 18.0 Å². The van der Waals surface area contributed by atoms with Gasteiger partial charge in [-0.15, -0.1) is 0 Å². The zero-order valence-corrected chi connectivity index (χ0v) is 13.5. The zero-order chi connectivity index (χ0) is 15.5. The van der Waals surface area contributed by atoms with Crippen molar-refractivity contribution in [3.8, 4) is 0 Å². The van der Waals surface area contributed by atoms with E-state index < -0.39 is 5.54 Å². The Morgan fingerprint density at radius 2 is 1.90 bits per heavy atom. The summed E-state index contributed by atoms with van der Waals surface area (Å²) < 4.78 is 0. The van der Waals surface area contributed by atoms with Gasteiger partial charge in [0.2, 0.25) is 5.91 Å². The molecule has 5 heteroatoms. The number of thiocarbonyl (C=S) groups is 1. The summed E-state index contributed by atoms with van der Waals surface area (Å²) in [6, 6.07) is 8.00. The molecule has 1 aromatic carbocycles. The highest BCUT2D eigenvalue weighted by molar-refractivity contribution is 7.80. The molecule has 0 spiro atoms. The maximum Gasteiger partial charge on any atom is 0.225 e. The number of hydrogen-bond acceptors (Lipinski definition) is 3. The first kappa shape index (κ1) is 15.9. The van der Waals surface area contributed by atoms with Gasteiger partial charge in [0, 0.05) is 13.1 Å². The number of carbonyl (C=O) groups excluding carboxylic acids is 1. The third-order valence-electron chi connectivity index (χ3n) is 4.18. The van der Waals surface area contributed by atoms with E-state index >= 15 is 0 Å². The molecule has 0 aliphatic carbocycles. The van der Waals surface area contributed by atoms with Gasteiger partial charge in [-0.2, -0.15) is 0 Å². The quantitative estimate of drug-likeness (QED) is 0.826. The predicted molar refractivity (Wildman–Crippen MR) is 89.3 cm³/mol. The first-order chi connectivity index (χ1) is 9.91. The lowest BCUT2D eigenvalue weighted by atomic mass is 9.87. The van der Waals surface area contributed by atoms with Gasteiger partial charge in [-0.25, -0.2) is 0 Å². The Kier molecular flexibility index (Phi) is 4.96. The van der Waals surface area contributed by atoms with Crippen molar-refractivity contribution in [1.82, 2.24) is 10.2 Å². The fraction of sp³-hybridized carbons (Fsp3) is 0.500. The summed E-state index contributed by atoms with van der Waals surface area (Å²) in [5, 5.41) is 3.08. The van der Waals surface area contributed by atoms with Crippen LogP contribution in [0.25, 0.3) is 0 Å². The zero-order valence-electron chi connectivity index (χ0n) is 12.7. The highest BCUT2D eigenvalue weighted by Crippen LogP contribution is 2.22. The average molecular weight is 305 g/mol. The molecule has 0 saturated carbocycles. The molecule has 0 unspecified atom stereocenters. The second kappa shape index (κ2) is 6.54. The highest BCUT2D eigenvalue weighted by Gasteiger charge is 2.37. The van der Waals surface area contributed by atoms with Crippen LogP contribution >= 0.6 is 12.2 Å². The Bertz CT molecular complexity index is 519. The van der Waals surface area contributed by atoms with Crippen LogP contribution in [-0.2, 0) is 11.2 Å². The highest BCUT2D eigenvalue weighted by atomic mass is 32.1. The van der Waals surface area contributed by atoms with E-state index in [-0.39, 0.29) is 5.91 Å². The number of likely N-dealkylation sites (tertiary alicyclic amines) is 1. The predicted octanol–water partition coefficient (Wildman–Crippen LogP) is 1.40. The summed E-state index contributed by atoms with van der Waals surface area (Å²) in [4.78, 5) is 14.9. The van der Waals surface area contributed by atoms with Crippen LogP contribution < -0.4 is 11.1 Å². The summed E-state index contributed by atoms with van der Waals surface area (Å²) in [6.07, 6.45) is 1.91. The van der Waals surface area contributed by atoms with Crippen LogP contribution in [0.2, 0.25) is 0 Å². The fourth-order valence-electron chi connectivity index (χ4n) is 2.64. The number of rotatable bonds is 4. The Balaban J connectivity index is 2.02. The molecule has 0 atom stereocenters. The molecule has 114 valence electrons. The van der Waals surface area contributed by atoms with Gasteiger partial charge in [0.05, 0.1) is 16.9 Å². The number of nitrogens with two attached hydrogens (primary N) is 1. The lowest BCUT2D eigenvalue weighted by molar-refractivity contribution is -0.122. The van der Waals surface area contributed by atoms with Gasteiger partial charge in [-0.05, 0) is 32.4 Å². The monoisotopic (exact) mass is 305 g/mol. The lowest BCUT2D eigenvalue weighted by Crippen LogP contribution is -2.61. The van der Waals surface area contributed by atoms with E-state index in [1.54, 1.807) is 0 Å². The fourth-order valence-corrected chi connectivity index (χ4v) is 2.89. The van der Waals surface area contributed by atoms with E-state index in [0.29, 0.717) is 11.4 Å². The Morgan fingerprint density at radius 3 is 2.43 bits per heavy atom. The largest absolute Gasteiger partial charge is 0.391 e. The van der Waals surface area contributed by atoms with E-state index in [2.05, 4.69) is 17.3 Å². The molecule has 1 saturated heterocycles. The molecule has 1 fully saturated rings. The first-order valence-corrected chi connectivity index (χ1v) is 7.67. The molecule has 2 rings (SSSR count). The molecular weight excluding hydrogens is 282 g/mol. The SMILES string of the molecule is Cc1ccc(CC(=O)NC2(C(N)=S)CCN(C)CC2)cc1. The van der Waals surface area contributed by atoms with Crippen molar-refractivity contribution in [3.05, 3.63) is 35.4 Å². The van der Waals surface area contributed by atoms with Crippen molar-refractivity contribution in [3.63, 3.8) is 0 Å². The van der Waals surface area contributed by atoms with E-state index in [9.17, 15) is 4.79 Å². The number of piperidine rings is 1. The number of amides is 1. The van der Waals surface area contributed by atoms with Gasteiger partial charge >= 0.3 is 0 Å². The summed E-state index contributed by atoms with van der Waals surface area (Å²) in [6.45, 7) is 3.81. The Labute approximate surface area is 131 Å². The smallest absolute Gasteiger partial charge is 0.225 e. The third-order valence-corrected chi connectivity index (χ3v) is 4.57. The molecular formula is C16H23N3OS. The van der Waals surface area contributed by atoms with Crippen LogP contribution in [0.4, 0.5) is 0 Å². The molecule has 1 amide bonds. The third kappa shape index (κ3) is 4.02. The molecule has 0 aromatic heterocycles. The molecule has 21 heavy (non-hydrogen) atoms. The molecule has 1 aliphatic rings. The van der Waals surface area contributed by atoms with Crippen molar-refractivity contribution < 1.29 is 4.79 Å². The second-order valence-electron chi connectivity index (χ2n) is 5.96. The summed E-state index contributed by atoms with van der Waals surface area (Å²) in [5.41, 5.74) is 7.58. The average Bonchev–Trinajstić information content (AvgIpc) is 2.44. The van der Waals surface area contributed by atoms with Crippen molar-refractivity contribution in [2.75, 3.05) is 20.1 Å². The maximum atomic E-state index is 12.3. The van der Waals surface area contributed by atoms with Crippen molar-refractivity contribution in [2.45, 2.75) is 31.7 Å². The molecule has 1 heterocycles. The standard InChI is InChI=1S/C16H23N3OS/c1-12-3-5-13(6-4-12)11-14(20)18-16(15(17)21)7-9-19(2)10-8-16/h3-6H,7-11H2,1-2H3,(H2,17,21)(H,18,20). The second-order valence-corrected chi connectivity index (χ2v) is 6.40. The van der Waals surface area contributed by atoms with E-state index in [1.807, 2.05) is 31.2 Å². The minimum absolute atomic E-state index is 0.0174. The summed E-state index contributed by atoms with van der Waals surface area (Å²) in [5.74, 6) is -0.0174. The number of carbonyl (C=O) groups is 1. The van der Waals surface area contributed by atoms with Crippen LogP contribution in [0.1, 0.15) is 24.0 Å². The summed E-state index contributed by atoms with van der Waals surface area (Å²) >= 11 is 5.21. The van der Waals surface area contributed by atoms with E-state index in [0.717, 1.165) is 31.5 Å². The minimum atomic E-state index is -0.524. The van der Waals surface area contributed by atoms with Gasteiger partial charge < -0.3 is 16.0 Å². The topological polar surface area (TPSA) is 58.4 Å². The van der Waals surface area contributed by atoms with Crippen molar-refractivity contribution in [1.29, 1.82) is 0 Å². The minimum Gasteiger partial charge on any atom is -0.391 e. The van der Waals surface area contributed by atoms with Gasteiger partial charge in [0.15, 0.2) is 0 Å². The van der Waals surface area contributed by atoms with Crippen LogP contribution in [0.15, 0.2) is 24.3 Å². The number of hydrogen-bond donors (Lipinski definition) is 2. The molecule has 1 aromatic rings.